The van der Waals surface area contributed by atoms with Gasteiger partial charge in [-0.1, -0.05) is 35.3 Å². The number of nitrogens with zero attached hydrogens (tertiary/aromatic N) is 3. The smallest absolute Gasteiger partial charge is 0.338 e. The van der Waals surface area contributed by atoms with Crippen molar-refractivity contribution in [1.82, 2.24) is 14.4 Å². The molecule has 1 aliphatic heterocycles. The van der Waals surface area contributed by atoms with Crippen LogP contribution in [0.2, 0.25) is 5.02 Å². The lowest BCUT2D eigenvalue weighted by Gasteiger charge is -2.32. The van der Waals surface area contributed by atoms with Crippen molar-refractivity contribution in [2.24, 2.45) is 0 Å². The maximum atomic E-state index is 12.9. The number of hydrogen-bond donors (Lipinski definition) is 0. The number of aromatic nitrogens is 2. The van der Waals surface area contributed by atoms with Gasteiger partial charge in [-0.05, 0) is 56.2 Å². The first-order valence-electron chi connectivity index (χ1n) is 10.2. The molecular weight excluding hydrogens is 454 g/mol. The van der Waals surface area contributed by atoms with Gasteiger partial charge in [-0.3, -0.25) is 0 Å². The van der Waals surface area contributed by atoms with Crippen molar-refractivity contribution < 1.29 is 22.5 Å². The fourth-order valence-corrected chi connectivity index (χ4v) is 5.51. The van der Waals surface area contributed by atoms with Crippen molar-refractivity contribution in [3.05, 3.63) is 64.9 Å². The maximum Gasteiger partial charge on any atom is 0.338 e. The number of rotatable bonds is 6. The Morgan fingerprint density at radius 2 is 1.94 bits per heavy atom. The molecule has 2 aromatic carbocycles. The summed E-state index contributed by atoms with van der Waals surface area (Å²) < 4.78 is 37.8. The molecule has 3 aromatic rings. The predicted octanol–water partition coefficient (Wildman–Crippen LogP) is 4.31. The number of sulfonamides is 1. The second-order valence-corrected chi connectivity index (χ2v) is 9.85. The van der Waals surface area contributed by atoms with Gasteiger partial charge in [0, 0.05) is 12.6 Å². The van der Waals surface area contributed by atoms with E-state index in [4.69, 9.17) is 20.9 Å². The van der Waals surface area contributed by atoms with Gasteiger partial charge >= 0.3 is 5.97 Å². The van der Waals surface area contributed by atoms with Crippen LogP contribution in [0.4, 0.5) is 0 Å². The van der Waals surface area contributed by atoms with Crippen molar-refractivity contribution in [3.63, 3.8) is 0 Å². The number of ether oxygens (including phenoxy) is 1. The summed E-state index contributed by atoms with van der Waals surface area (Å²) in [6.45, 7) is 2.23. The quantitative estimate of drug-likeness (QED) is 0.489. The second kappa shape index (κ2) is 9.40. The Hall–Kier alpha value is -2.75. The number of esters is 1. The third-order valence-electron chi connectivity index (χ3n) is 5.34. The fourth-order valence-electron chi connectivity index (χ4n) is 3.60. The standard InChI is InChI=1S/C22H22ClN3O5S/c1-15-6-4-5-13-26(15)32(28,29)17-11-9-16(10-12-17)22(27)30-14-20-24-21(31-25-20)18-7-2-3-8-19(18)23/h2-3,7-12,15H,4-6,13-14H2,1H3. The van der Waals surface area contributed by atoms with E-state index in [2.05, 4.69) is 10.1 Å². The first kappa shape index (κ1) is 22.4. The lowest BCUT2D eigenvalue weighted by Crippen LogP contribution is -2.41. The number of carbonyl (C=O) groups is 1. The summed E-state index contributed by atoms with van der Waals surface area (Å²) in [5, 5.41) is 4.26. The van der Waals surface area contributed by atoms with Crippen LogP contribution in [-0.2, 0) is 21.4 Å². The van der Waals surface area contributed by atoms with Gasteiger partial charge in [-0.2, -0.15) is 9.29 Å². The molecule has 8 nitrogen and oxygen atoms in total. The van der Waals surface area contributed by atoms with E-state index in [9.17, 15) is 13.2 Å². The van der Waals surface area contributed by atoms with Crippen LogP contribution in [0.3, 0.4) is 0 Å². The molecule has 1 aromatic heterocycles. The molecule has 1 unspecified atom stereocenters. The monoisotopic (exact) mass is 475 g/mol. The molecule has 0 spiro atoms. The summed E-state index contributed by atoms with van der Waals surface area (Å²) in [6, 6.07) is 12.7. The Labute approximate surface area is 191 Å². The van der Waals surface area contributed by atoms with Gasteiger partial charge in [-0.25, -0.2) is 13.2 Å². The number of hydrogen-bond acceptors (Lipinski definition) is 7. The fraction of sp³-hybridized carbons (Fsp3) is 0.318. The van der Waals surface area contributed by atoms with Crippen LogP contribution in [0.15, 0.2) is 57.9 Å². The highest BCUT2D eigenvalue weighted by Crippen LogP contribution is 2.27. The van der Waals surface area contributed by atoms with Crippen LogP contribution >= 0.6 is 11.6 Å². The Balaban J connectivity index is 1.40. The van der Waals surface area contributed by atoms with Crippen molar-refractivity contribution >= 4 is 27.6 Å². The molecule has 0 bridgehead atoms. The van der Waals surface area contributed by atoms with E-state index in [0.29, 0.717) is 17.1 Å². The zero-order chi connectivity index (χ0) is 22.7. The van der Waals surface area contributed by atoms with Crippen molar-refractivity contribution in [2.75, 3.05) is 6.54 Å². The zero-order valence-corrected chi connectivity index (χ0v) is 19.0. The van der Waals surface area contributed by atoms with E-state index in [1.807, 2.05) is 6.92 Å². The molecule has 1 atom stereocenters. The third-order valence-corrected chi connectivity index (χ3v) is 7.70. The van der Waals surface area contributed by atoms with Gasteiger partial charge in [0.25, 0.3) is 5.89 Å². The number of benzene rings is 2. The predicted molar refractivity (Wildman–Crippen MR) is 118 cm³/mol. The van der Waals surface area contributed by atoms with Crippen LogP contribution in [0.5, 0.6) is 0 Å². The van der Waals surface area contributed by atoms with Crippen LogP contribution in [0.25, 0.3) is 11.5 Å². The topological polar surface area (TPSA) is 103 Å². The molecule has 0 N–H and O–H groups in total. The summed E-state index contributed by atoms with van der Waals surface area (Å²) in [5.74, 6) is -0.209. The van der Waals surface area contributed by atoms with Gasteiger partial charge in [-0.15, -0.1) is 0 Å². The van der Waals surface area contributed by atoms with Gasteiger partial charge < -0.3 is 9.26 Å². The van der Waals surface area contributed by atoms with Gasteiger partial charge in [0.15, 0.2) is 6.61 Å². The molecule has 0 saturated carbocycles. The molecule has 1 fully saturated rings. The van der Waals surface area contributed by atoms with Gasteiger partial charge in [0.1, 0.15) is 0 Å². The Kier molecular flexibility index (Phi) is 6.59. The van der Waals surface area contributed by atoms with E-state index >= 15 is 0 Å². The first-order valence-corrected chi connectivity index (χ1v) is 12.0. The largest absolute Gasteiger partial charge is 0.454 e. The van der Waals surface area contributed by atoms with Gasteiger partial charge in [0.2, 0.25) is 15.8 Å². The molecule has 4 rings (SSSR count). The summed E-state index contributed by atoms with van der Waals surface area (Å²) >= 11 is 6.12. The average molecular weight is 476 g/mol. The minimum absolute atomic E-state index is 0.0380. The van der Waals surface area contributed by atoms with Crippen LogP contribution in [0.1, 0.15) is 42.4 Å². The molecule has 1 saturated heterocycles. The molecular formula is C22H22ClN3O5S. The number of carbonyl (C=O) groups excluding carboxylic acids is 1. The van der Waals surface area contributed by atoms with Crippen LogP contribution in [0, 0.1) is 0 Å². The molecule has 1 aliphatic rings. The van der Waals surface area contributed by atoms with Crippen molar-refractivity contribution in [2.45, 2.75) is 43.7 Å². The second-order valence-electron chi connectivity index (χ2n) is 7.56. The lowest BCUT2D eigenvalue weighted by atomic mass is 10.1. The summed E-state index contributed by atoms with van der Waals surface area (Å²) in [4.78, 5) is 16.7. The SMILES string of the molecule is CC1CCCCN1S(=O)(=O)c1ccc(C(=O)OCc2noc(-c3ccccc3Cl)n2)cc1. The van der Waals surface area contributed by atoms with E-state index in [1.165, 1.54) is 28.6 Å². The normalized spacial score (nSPS) is 17.2. The maximum absolute atomic E-state index is 12.9. The molecule has 0 amide bonds. The van der Waals surface area contributed by atoms with Gasteiger partial charge in [0.05, 0.1) is 21.0 Å². The first-order chi connectivity index (χ1) is 15.4. The molecule has 0 aliphatic carbocycles. The lowest BCUT2D eigenvalue weighted by molar-refractivity contribution is 0.0459. The van der Waals surface area contributed by atoms with Crippen molar-refractivity contribution in [1.29, 1.82) is 0 Å². The molecule has 10 heteroatoms. The molecule has 168 valence electrons. The highest BCUT2D eigenvalue weighted by Gasteiger charge is 2.31. The third kappa shape index (κ3) is 4.69. The van der Waals surface area contributed by atoms with Crippen LogP contribution in [-0.4, -0.2) is 41.4 Å². The van der Waals surface area contributed by atoms with E-state index in [1.54, 1.807) is 24.3 Å². The highest BCUT2D eigenvalue weighted by molar-refractivity contribution is 7.89. The van der Waals surface area contributed by atoms with E-state index in [-0.39, 0.29) is 34.8 Å². The number of halogens is 1. The van der Waals surface area contributed by atoms with E-state index < -0.39 is 16.0 Å². The molecule has 32 heavy (non-hydrogen) atoms. The number of piperidine rings is 1. The average Bonchev–Trinajstić information content (AvgIpc) is 3.27. The summed E-state index contributed by atoms with van der Waals surface area (Å²) in [7, 11) is -3.60. The zero-order valence-electron chi connectivity index (χ0n) is 17.4. The Morgan fingerprint density at radius 1 is 1.19 bits per heavy atom. The Morgan fingerprint density at radius 3 is 2.66 bits per heavy atom. The Bertz CT molecular complexity index is 1210. The summed E-state index contributed by atoms with van der Waals surface area (Å²) in [5.41, 5.74) is 0.810. The molecule has 0 radical (unpaired) electrons. The summed E-state index contributed by atoms with van der Waals surface area (Å²) in [6.07, 6.45) is 2.72. The minimum Gasteiger partial charge on any atom is -0.454 e. The highest BCUT2D eigenvalue weighted by atomic mass is 35.5. The van der Waals surface area contributed by atoms with E-state index in [0.717, 1.165) is 19.3 Å². The minimum atomic E-state index is -3.60. The van der Waals surface area contributed by atoms with Crippen molar-refractivity contribution in [3.8, 4) is 11.5 Å². The van der Waals surface area contributed by atoms with Crippen LogP contribution < -0.4 is 0 Å². The molecule has 2 heterocycles.